The molecule has 3 nitrogen and oxygen atoms in total. The normalized spacial score (nSPS) is 23.7. The number of hydrogen-bond donors (Lipinski definition) is 2. The third-order valence-corrected chi connectivity index (χ3v) is 4.19. The fraction of sp³-hybridized carbons (Fsp3) is 0.467. The first-order valence-electron chi connectivity index (χ1n) is 6.56. The average molecular weight is 244 g/mol. The highest BCUT2D eigenvalue weighted by Gasteiger charge is 2.32. The second kappa shape index (κ2) is 4.02. The highest BCUT2D eigenvalue weighted by Crippen LogP contribution is 2.39. The zero-order valence-electron chi connectivity index (χ0n) is 11.3. The highest BCUT2D eigenvalue weighted by molar-refractivity contribution is 5.92. The zero-order valence-corrected chi connectivity index (χ0v) is 11.3. The Balaban J connectivity index is 2.25. The summed E-state index contributed by atoms with van der Waals surface area (Å²) in [6.45, 7) is 5.56. The zero-order chi connectivity index (χ0) is 12.8. The summed E-state index contributed by atoms with van der Waals surface area (Å²) >= 11 is 0. The van der Waals surface area contributed by atoms with Crippen LogP contribution in [0.3, 0.4) is 0 Å². The van der Waals surface area contributed by atoms with Crippen LogP contribution in [-0.4, -0.2) is 18.6 Å². The van der Waals surface area contributed by atoms with E-state index in [0.29, 0.717) is 0 Å². The first kappa shape index (κ1) is 11.6. The molecule has 0 spiro atoms. The Bertz CT molecular complexity index is 579. The van der Waals surface area contributed by atoms with E-state index >= 15 is 0 Å². The topological polar surface area (TPSA) is 37.0 Å². The number of nitrogens with one attached hydrogen (secondary N) is 2. The Morgan fingerprint density at radius 2 is 2.17 bits per heavy atom. The largest absolute Gasteiger partial charge is 0.495 e. The third kappa shape index (κ3) is 1.54. The molecule has 18 heavy (non-hydrogen) atoms. The van der Waals surface area contributed by atoms with Gasteiger partial charge < -0.3 is 15.0 Å². The summed E-state index contributed by atoms with van der Waals surface area (Å²) in [5, 5.41) is 4.94. The monoisotopic (exact) mass is 244 g/mol. The summed E-state index contributed by atoms with van der Waals surface area (Å²) in [6.07, 6.45) is 4.57. The van der Waals surface area contributed by atoms with Gasteiger partial charge in [0.1, 0.15) is 5.75 Å². The van der Waals surface area contributed by atoms with Crippen LogP contribution in [-0.2, 0) is 5.54 Å². The SMILES string of the molecule is COc1ccc(C)c2c(C3(C)CCCN3)c[nH]c12. The standard InChI is InChI=1S/C15H20N2O/c1-10-5-6-12(18-3)14-13(10)11(9-16-14)15(2)7-4-8-17-15/h5-6,9,16-17H,4,7-8H2,1-3H3. The van der Waals surface area contributed by atoms with Crippen LogP contribution >= 0.6 is 0 Å². The maximum absolute atomic E-state index is 5.44. The molecule has 2 N–H and O–H groups in total. The first-order chi connectivity index (χ1) is 8.65. The van der Waals surface area contributed by atoms with Crippen LogP contribution in [0.5, 0.6) is 5.75 Å². The van der Waals surface area contributed by atoms with Crippen LogP contribution < -0.4 is 10.1 Å². The first-order valence-corrected chi connectivity index (χ1v) is 6.56. The maximum Gasteiger partial charge on any atom is 0.142 e. The second-order valence-electron chi connectivity index (χ2n) is 5.40. The summed E-state index contributed by atoms with van der Waals surface area (Å²) in [5.74, 6) is 0.920. The van der Waals surface area contributed by atoms with Crippen LogP contribution in [0.15, 0.2) is 18.3 Å². The molecule has 0 saturated carbocycles. The van der Waals surface area contributed by atoms with Crippen molar-refractivity contribution in [2.24, 2.45) is 0 Å². The molecule has 2 heterocycles. The maximum atomic E-state index is 5.44. The van der Waals surface area contributed by atoms with E-state index in [1.54, 1.807) is 7.11 Å². The van der Waals surface area contributed by atoms with Gasteiger partial charge in [-0.05, 0) is 50.4 Å². The van der Waals surface area contributed by atoms with Crippen LogP contribution in [0.25, 0.3) is 10.9 Å². The number of benzene rings is 1. The van der Waals surface area contributed by atoms with E-state index in [9.17, 15) is 0 Å². The number of rotatable bonds is 2. The van der Waals surface area contributed by atoms with Gasteiger partial charge in [-0.1, -0.05) is 6.07 Å². The van der Waals surface area contributed by atoms with Gasteiger partial charge in [0.25, 0.3) is 0 Å². The van der Waals surface area contributed by atoms with Gasteiger partial charge in [-0.15, -0.1) is 0 Å². The van der Waals surface area contributed by atoms with Crippen molar-refractivity contribution in [1.29, 1.82) is 0 Å². The van der Waals surface area contributed by atoms with E-state index in [1.165, 1.54) is 29.4 Å². The fourth-order valence-electron chi connectivity index (χ4n) is 3.12. The smallest absolute Gasteiger partial charge is 0.142 e. The summed E-state index contributed by atoms with van der Waals surface area (Å²) < 4.78 is 5.44. The third-order valence-electron chi connectivity index (χ3n) is 4.19. The van der Waals surface area contributed by atoms with Gasteiger partial charge >= 0.3 is 0 Å². The Labute approximate surface area is 108 Å². The van der Waals surface area contributed by atoms with Gasteiger partial charge in [-0.2, -0.15) is 0 Å². The summed E-state index contributed by atoms with van der Waals surface area (Å²) in [7, 11) is 1.72. The Hall–Kier alpha value is -1.48. The molecule has 3 heteroatoms. The molecule has 1 aliphatic heterocycles. The molecule has 0 aliphatic carbocycles. The number of methoxy groups -OCH3 is 1. The molecule has 0 radical (unpaired) electrons. The van der Waals surface area contributed by atoms with Gasteiger partial charge in [-0.3, -0.25) is 0 Å². The average Bonchev–Trinajstić information content (AvgIpc) is 2.97. The molecule has 1 atom stereocenters. The van der Waals surface area contributed by atoms with Crippen molar-refractivity contribution in [2.75, 3.05) is 13.7 Å². The predicted octanol–water partition coefficient (Wildman–Crippen LogP) is 3.08. The van der Waals surface area contributed by atoms with Gasteiger partial charge in [0.05, 0.1) is 12.6 Å². The molecule has 96 valence electrons. The second-order valence-corrected chi connectivity index (χ2v) is 5.40. The minimum atomic E-state index is 0.0926. The van der Waals surface area contributed by atoms with Gasteiger partial charge in [0.2, 0.25) is 0 Å². The fourth-order valence-corrected chi connectivity index (χ4v) is 3.12. The molecule has 2 aromatic rings. The lowest BCUT2D eigenvalue weighted by molar-refractivity contribution is 0.419. The quantitative estimate of drug-likeness (QED) is 0.851. The summed E-state index contributed by atoms with van der Waals surface area (Å²) in [5.41, 5.74) is 3.88. The molecule has 1 saturated heterocycles. The van der Waals surface area contributed by atoms with Crippen molar-refractivity contribution in [2.45, 2.75) is 32.2 Å². The minimum Gasteiger partial charge on any atom is -0.495 e. The van der Waals surface area contributed by atoms with Crippen molar-refractivity contribution in [3.63, 3.8) is 0 Å². The van der Waals surface area contributed by atoms with E-state index < -0.39 is 0 Å². The Morgan fingerprint density at radius 3 is 2.83 bits per heavy atom. The van der Waals surface area contributed by atoms with E-state index in [1.807, 2.05) is 6.07 Å². The molecule has 1 unspecified atom stereocenters. The predicted molar refractivity (Wildman–Crippen MR) is 74.2 cm³/mol. The number of hydrogen-bond acceptors (Lipinski definition) is 2. The van der Waals surface area contributed by atoms with Gasteiger partial charge in [0.15, 0.2) is 0 Å². The van der Waals surface area contributed by atoms with Crippen LogP contribution in [0.4, 0.5) is 0 Å². The molecule has 3 rings (SSSR count). The summed E-state index contributed by atoms with van der Waals surface area (Å²) in [4.78, 5) is 3.39. The molecule has 1 fully saturated rings. The van der Waals surface area contributed by atoms with E-state index in [2.05, 4.69) is 36.4 Å². The minimum absolute atomic E-state index is 0.0926. The molecule has 1 aromatic carbocycles. The van der Waals surface area contributed by atoms with Gasteiger partial charge in [0, 0.05) is 17.1 Å². The Morgan fingerprint density at radius 1 is 1.33 bits per heavy atom. The number of H-pyrrole nitrogens is 1. The number of ether oxygens (including phenoxy) is 1. The van der Waals surface area contributed by atoms with Gasteiger partial charge in [-0.25, -0.2) is 0 Å². The van der Waals surface area contributed by atoms with E-state index in [0.717, 1.165) is 17.8 Å². The lowest BCUT2D eigenvalue weighted by Crippen LogP contribution is -2.32. The molecule has 0 amide bonds. The molecular formula is C15H20N2O. The lowest BCUT2D eigenvalue weighted by atomic mass is 9.89. The van der Waals surface area contributed by atoms with Crippen LogP contribution in [0.2, 0.25) is 0 Å². The van der Waals surface area contributed by atoms with E-state index in [4.69, 9.17) is 4.74 Å². The van der Waals surface area contributed by atoms with E-state index in [-0.39, 0.29) is 5.54 Å². The van der Waals surface area contributed by atoms with Crippen molar-refractivity contribution < 1.29 is 4.74 Å². The molecular weight excluding hydrogens is 224 g/mol. The molecule has 0 bridgehead atoms. The number of aromatic amines is 1. The van der Waals surface area contributed by atoms with Crippen molar-refractivity contribution in [1.82, 2.24) is 10.3 Å². The summed E-state index contributed by atoms with van der Waals surface area (Å²) in [6, 6.07) is 4.17. The molecule has 1 aromatic heterocycles. The number of aromatic nitrogens is 1. The van der Waals surface area contributed by atoms with Crippen LogP contribution in [0.1, 0.15) is 30.9 Å². The molecule has 1 aliphatic rings. The van der Waals surface area contributed by atoms with Crippen molar-refractivity contribution in [3.05, 3.63) is 29.5 Å². The Kier molecular flexibility index (Phi) is 2.59. The van der Waals surface area contributed by atoms with Crippen molar-refractivity contribution >= 4 is 10.9 Å². The van der Waals surface area contributed by atoms with Crippen LogP contribution in [0, 0.1) is 6.92 Å². The van der Waals surface area contributed by atoms with Crippen molar-refractivity contribution in [3.8, 4) is 5.75 Å². The number of fused-ring (bicyclic) bond motifs is 1. The highest BCUT2D eigenvalue weighted by atomic mass is 16.5. The number of aryl methyl sites for hydroxylation is 1. The lowest BCUT2D eigenvalue weighted by Gasteiger charge is -2.24.